The van der Waals surface area contributed by atoms with Gasteiger partial charge in [0.25, 0.3) is 0 Å². The van der Waals surface area contributed by atoms with E-state index in [0.717, 1.165) is 0 Å². The Bertz CT molecular complexity index is 372. The van der Waals surface area contributed by atoms with Crippen LogP contribution in [-0.4, -0.2) is 30.6 Å². The van der Waals surface area contributed by atoms with Crippen molar-refractivity contribution in [2.45, 2.75) is 6.42 Å². The minimum absolute atomic E-state index is 0.0952. The van der Waals surface area contributed by atoms with Gasteiger partial charge in [0.1, 0.15) is 5.75 Å². The number of aromatic carboxylic acids is 1. The highest BCUT2D eigenvalue weighted by Gasteiger charge is 2.02. The van der Waals surface area contributed by atoms with E-state index >= 15 is 0 Å². The molecule has 0 aliphatic rings. The summed E-state index contributed by atoms with van der Waals surface area (Å²) < 4.78 is 5.26. The van der Waals surface area contributed by atoms with E-state index in [1.54, 1.807) is 19.2 Å². The molecule has 0 bridgehead atoms. The fourth-order valence-electron chi connectivity index (χ4n) is 1.08. The van der Waals surface area contributed by atoms with Crippen molar-refractivity contribution >= 4 is 11.9 Å². The second-order valence-corrected chi connectivity index (χ2v) is 3.10. The Balaban J connectivity index is 2.43. The van der Waals surface area contributed by atoms with Crippen LogP contribution in [0, 0.1) is 0 Å². The molecule has 1 aromatic carbocycles. The normalized spacial score (nSPS) is 9.56. The van der Waals surface area contributed by atoms with E-state index in [1.807, 2.05) is 0 Å². The number of nitrogens with one attached hydrogen (secondary N) is 1. The standard InChI is InChI=1S/C11H13NO4/c1-12-10(13)6-7-16-9-4-2-8(3-5-9)11(14)15/h2-5H,6-7H2,1H3,(H,12,13)(H,14,15). The number of rotatable bonds is 5. The monoisotopic (exact) mass is 223 g/mol. The van der Waals surface area contributed by atoms with Crippen LogP contribution in [0.15, 0.2) is 24.3 Å². The number of carbonyl (C=O) groups is 2. The van der Waals surface area contributed by atoms with E-state index < -0.39 is 5.97 Å². The molecule has 0 saturated carbocycles. The Labute approximate surface area is 93.0 Å². The summed E-state index contributed by atoms with van der Waals surface area (Å²) in [6.07, 6.45) is 0.275. The Kier molecular flexibility index (Phi) is 4.32. The molecule has 0 fully saturated rings. The average Bonchev–Trinajstić information content (AvgIpc) is 2.29. The minimum atomic E-state index is -0.975. The molecule has 0 radical (unpaired) electrons. The lowest BCUT2D eigenvalue weighted by Gasteiger charge is -2.05. The number of carboxylic acid groups (broad SMARTS) is 1. The third-order valence-electron chi connectivity index (χ3n) is 1.98. The van der Waals surface area contributed by atoms with Crippen molar-refractivity contribution in [2.75, 3.05) is 13.7 Å². The largest absolute Gasteiger partial charge is 0.493 e. The van der Waals surface area contributed by atoms with Gasteiger partial charge in [-0.05, 0) is 24.3 Å². The second-order valence-electron chi connectivity index (χ2n) is 3.10. The van der Waals surface area contributed by atoms with Crippen molar-refractivity contribution in [1.29, 1.82) is 0 Å². The number of amides is 1. The molecule has 1 amide bonds. The summed E-state index contributed by atoms with van der Waals surface area (Å²) in [5, 5.41) is 11.1. The zero-order chi connectivity index (χ0) is 12.0. The van der Waals surface area contributed by atoms with Crippen molar-refractivity contribution in [2.24, 2.45) is 0 Å². The molecule has 1 rings (SSSR count). The Morgan fingerprint density at radius 3 is 2.44 bits per heavy atom. The molecule has 0 atom stereocenters. The first kappa shape index (κ1) is 12.0. The molecule has 0 unspecified atom stereocenters. The minimum Gasteiger partial charge on any atom is -0.493 e. The highest BCUT2D eigenvalue weighted by Crippen LogP contribution is 2.12. The molecule has 5 nitrogen and oxygen atoms in total. The molecule has 0 aromatic heterocycles. The van der Waals surface area contributed by atoms with Crippen molar-refractivity contribution in [3.8, 4) is 5.75 Å². The number of ether oxygens (including phenoxy) is 1. The zero-order valence-electron chi connectivity index (χ0n) is 8.90. The molecule has 0 spiro atoms. The Morgan fingerprint density at radius 1 is 1.31 bits per heavy atom. The molecule has 0 aliphatic heterocycles. The predicted molar refractivity (Wildman–Crippen MR) is 57.6 cm³/mol. The molecular formula is C11H13NO4. The maximum absolute atomic E-state index is 10.9. The molecule has 2 N–H and O–H groups in total. The van der Waals surface area contributed by atoms with Crippen LogP contribution < -0.4 is 10.1 Å². The van der Waals surface area contributed by atoms with Gasteiger partial charge < -0.3 is 15.2 Å². The van der Waals surface area contributed by atoms with Crippen LogP contribution in [0.2, 0.25) is 0 Å². The summed E-state index contributed by atoms with van der Waals surface area (Å²) in [5.41, 5.74) is 0.207. The second kappa shape index (κ2) is 5.75. The average molecular weight is 223 g/mol. The molecule has 86 valence electrons. The fourth-order valence-corrected chi connectivity index (χ4v) is 1.08. The van der Waals surface area contributed by atoms with Gasteiger partial charge >= 0.3 is 5.97 Å². The van der Waals surface area contributed by atoms with Crippen LogP contribution in [0.3, 0.4) is 0 Å². The molecule has 1 aromatic rings. The van der Waals surface area contributed by atoms with Crippen LogP contribution in [0.25, 0.3) is 0 Å². The number of carboxylic acids is 1. The summed E-state index contributed by atoms with van der Waals surface area (Å²) in [6.45, 7) is 0.270. The number of hydrogen-bond donors (Lipinski definition) is 2. The van der Waals surface area contributed by atoms with Gasteiger partial charge in [-0.15, -0.1) is 0 Å². The van der Waals surface area contributed by atoms with Crippen molar-refractivity contribution in [3.63, 3.8) is 0 Å². The highest BCUT2D eigenvalue weighted by atomic mass is 16.5. The predicted octanol–water partition coefficient (Wildman–Crippen LogP) is 0.900. The van der Waals surface area contributed by atoms with Crippen LogP contribution >= 0.6 is 0 Å². The van der Waals surface area contributed by atoms with Gasteiger partial charge in [-0.2, -0.15) is 0 Å². The fraction of sp³-hybridized carbons (Fsp3) is 0.273. The quantitative estimate of drug-likeness (QED) is 0.777. The summed E-state index contributed by atoms with van der Waals surface area (Å²) in [6, 6.07) is 6.04. The molecular weight excluding hydrogens is 210 g/mol. The molecule has 0 heterocycles. The van der Waals surface area contributed by atoms with Gasteiger partial charge in [0.2, 0.25) is 5.91 Å². The van der Waals surface area contributed by atoms with Crippen LogP contribution in [0.1, 0.15) is 16.8 Å². The van der Waals surface area contributed by atoms with E-state index in [9.17, 15) is 9.59 Å². The van der Waals surface area contributed by atoms with Crippen molar-refractivity contribution in [3.05, 3.63) is 29.8 Å². The van der Waals surface area contributed by atoms with Crippen molar-refractivity contribution in [1.82, 2.24) is 5.32 Å². The first-order valence-corrected chi connectivity index (χ1v) is 4.80. The summed E-state index contributed by atoms with van der Waals surface area (Å²) >= 11 is 0. The molecule has 5 heteroatoms. The Hall–Kier alpha value is -2.04. The topological polar surface area (TPSA) is 75.6 Å². The molecule has 0 saturated heterocycles. The Morgan fingerprint density at radius 2 is 1.94 bits per heavy atom. The number of carbonyl (C=O) groups excluding carboxylic acids is 1. The zero-order valence-corrected chi connectivity index (χ0v) is 8.90. The van der Waals surface area contributed by atoms with Crippen molar-refractivity contribution < 1.29 is 19.4 Å². The van der Waals surface area contributed by atoms with Gasteiger partial charge in [-0.25, -0.2) is 4.79 Å². The van der Waals surface area contributed by atoms with E-state index in [4.69, 9.17) is 9.84 Å². The SMILES string of the molecule is CNC(=O)CCOc1ccc(C(=O)O)cc1. The lowest BCUT2D eigenvalue weighted by molar-refractivity contribution is -0.121. The van der Waals surface area contributed by atoms with E-state index in [1.165, 1.54) is 12.1 Å². The maximum atomic E-state index is 10.9. The maximum Gasteiger partial charge on any atom is 0.335 e. The van der Waals surface area contributed by atoms with Crippen LogP contribution in [0.5, 0.6) is 5.75 Å². The van der Waals surface area contributed by atoms with Gasteiger partial charge in [-0.1, -0.05) is 0 Å². The number of benzene rings is 1. The van der Waals surface area contributed by atoms with E-state index in [-0.39, 0.29) is 24.5 Å². The van der Waals surface area contributed by atoms with Gasteiger partial charge in [0, 0.05) is 7.05 Å². The lowest BCUT2D eigenvalue weighted by Crippen LogP contribution is -2.20. The third-order valence-corrected chi connectivity index (χ3v) is 1.98. The summed E-state index contributed by atoms with van der Waals surface area (Å²) in [7, 11) is 1.56. The summed E-state index contributed by atoms with van der Waals surface area (Å²) in [5.74, 6) is -0.520. The number of hydrogen-bond acceptors (Lipinski definition) is 3. The van der Waals surface area contributed by atoms with E-state index in [0.29, 0.717) is 5.75 Å². The van der Waals surface area contributed by atoms with Crippen LogP contribution in [-0.2, 0) is 4.79 Å². The first-order valence-electron chi connectivity index (χ1n) is 4.80. The van der Waals surface area contributed by atoms with Gasteiger partial charge in [0.05, 0.1) is 18.6 Å². The van der Waals surface area contributed by atoms with E-state index in [2.05, 4.69) is 5.32 Å². The first-order chi connectivity index (χ1) is 7.63. The lowest BCUT2D eigenvalue weighted by atomic mass is 10.2. The molecule has 0 aliphatic carbocycles. The molecule has 16 heavy (non-hydrogen) atoms. The summed E-state index contributed by atoms with van der Waals surface area (Å²) in [4.78, 5) is 21.4. The smallest absolute Gasteiger partial charge is 0.335 e. The van der Waals surface area contributed by atoms with Gasteiger partial charge in [-0.3, -0.25) is 4.79 Å². The van der Waals surface area contributed by atoms with Crippen LogP contribution in [0.4, 0.5) is 0 Å². The highest BCUT2D eigenvalue weighted by molar-refractivity contribution is 5.87. The van der Waals surface area contributed by atoms with Gasteiger partial charge in [0.15, 0.2) is 0 Å². The third kappa shape index (κ3) is 3.61.